The normalized spacial score (nSPS) is 11.8. The van der Waals surface area contributed by atoms with Gasteiger partial charge < -0.3 is 23.4 Å². The van der Waals surface area contributed by atoms with Gasteiger partial charge in [-0.05, 0) is 46.9 Å². The van der Waals surface area contributed by atoms with Crippen LogP contribution < -0.4 is 9.05 Å². The number of hydrogen-bond acceptors (Lipinski definition) is 7. The molecule has 0 fully saturated rings. The molecule has 0 radical (unpaired) electrons. The highest BCUT2D eigenvalue weighted by Gasteiger charge is 2.26. The molecule has 0 bridgehead atoms. The van der Waals surface area contributed by atoms with Gasteiger partial charge in [-0.15, -0.1) is 0 Å². The van der Waals surface area contributed by atoms with Crippen molar-refractivity contribution in [2.45, 2.75) is 78.1 Å². The minimum absolute atomic E-state index is 0.258. The molecule has 2 aromatic rings. The van der Waals surface area contributed by atoms with Gasteiger partial charge in [-0.2, -0.15) is 0 Å². The first-order valence-electron chi connectivity index (χ1n) is 12.0. The van der Waals surface area contributed by atoms with E-state index in [4.69, 9.17) is 18.5 Å². The van der Waals surface area contributed by atoms with Crippen molar-refractivity contribution in [1.82, 2.24) is 0 Å². The van der Waals surface area contributed by atoms with Crippen molar-refractivity contribution in [3.05, 3.63) is 58.7 Å². The number of rotatable bonds is 10. The first-order chi connectivity index (χ1) is 16.7. The first-order valence-corrected chi connectivity index (χ1v) is 13.1. The zero-order valence-electron chi connectivity index (χ0n) is 22.6. The van der Waals surface area contributed by atoms with E-state index in [-0.39, 0.29) is 22.8 Å². The fraction of sp³-hybridized carbons (Fsp3) is 0.500. The van der Waals surface area contributed by atoms with Crippen LogP contribution in [0.15, 0.2) is 36.4 Å². The maximum absolute atomic E-state index is 11.5. The number of benzene rings is 2. The number of ether oxygens (including phenoxy) is 2. The largest absolute Gasteiger partial charge is 0.469 e. The monoisotopic (exact) mass is 518 g/mol. The van der Waals surface area contributed by atoms with Crippen LogP contribution in [0.2, 0.25) is 0 Å². The number of carbonyl (C=O) groups excluding carboxylic acids is 2. The van der Waals surface area contributed by atoms with Crippen LogP contribution in [-0.2, 0) is 42.7 Å². The van der Waals surface area contributed by atoms with Gasteiger partial charge >= 0.3 is 20.5 Å². The lowest BCUT2D eigenvalue weighted by Crippen LogP contribution is -2.15. The molecule has 0 heterocycles. The molecule has 36 heavy (non-hydrogen) atoms. The van der Waals surface area contributed by atoms with Crippen LogP contribution in [0.3, 0.4) is 0 Å². The third kappa shape index (κ3) is 8.79. The van der Waals surface area contributed by atoms with Gasteiger partial charge in [0.05, 0.1) is 14.2 Å². The summed E-state index contributed by atoms with van der Waals surface area (Å²) in [6.45, 7) is 12.4. The molecule has 0 aliphatic carbocycles. The smallest absolute Gasteiger partial charge is 0.460 e. The molecule has 0 spiro atoms. The lowest BCUT2D eigenvalue weighted by Gasteiger charge is -2.26. The zero-order valence-corrected chi connectivity index (χ0v) is 23.5. The second-order valence-electron chi connectivity index (χ2n) is 10.7. The molecule has 0 atom stereocenters. The van der Waals surface area contributed by atoms with Gasteiger partial charge in [0.15, 0.2) is 0 Å². The number of aryl methyl sites for hydroxylation is 2. The van der Waals surface area contributed by atoms with Crippen LogP contribution in [-0.4, -0.2) is 31.1 Å². The van der Waals surface area contributed by atoms with Crippen LogP contribution in [0.1, 0.15) is 76.6 Å². The lowest BCUT2D eigenvalue weighted by molar-refractivity contribution is -0.141. The molecule has 1 N–H and O–H groups in total. The van der Waals surface area contributed by atoms with Crippen molar-refractivity contribution in [3.63, 3.8) is 0 Å². The van der Waals surface area contributed by atoms with Gasteiger partial charge in [-0.25, -0.2) is 0 Å². The van der Waals surface area contributed by atoms with E-state index in [1.807, 2.05) is 36.4 Å². The highest BCUT2D eigenvalue weighted by molar-refractivity contribution is 7.41. The predicted octanol–water partition coefficient (Wildman–Crippen LogP) is 6.17. The van der Waals surface area contributed by atoms with Crippen LogP contribution in [0.4, 0.5) is 0 Å². The van der Waals surface area contributed by atoms with E-state index in [9.17, 15) is 14.5 Å². The fourth-order valence-corrected chi connectivity index (χ4v) is 4.37. The summed E-state index contributed by atoms with van der Waals surface area (Å²) in [6.07, 6.45) is 1.69. The van der Waals surface area contributed by atoms with E-state index in [0.29, 0.717) is 37.2 Å². The van der Waals surface area contributed by atoms with Crippen molar-refractivity contribution in [3.8, 4) is 11.5 Å². The summed E-state index contributed by atoms with van der Waals surface area (Å²) < 4.78 is 21.3. The summed E-state index contributed by atoms with van der Waals surface area (Å²) in [5.41, 5.74) is 3.26. The summed E-state index contributed by atoms with van der Waals surface area (Å²) in [5.74, 6) is 0.548. The van der Waals surface area contributed by atoms with Crippen LogP contribution >= 0.6 is 8.60 Å². The van der Waals surface area contributed by atoms with Crippen LogP contribution in [0.25, 0.3) is 0 Å². The van der Waals surface area contributed by atoms with Crippen LogP contribution in [0.5, 0.6) is 11.5 Å². The minimum atomic E-state index is -2.27. The van der Waals surface area contributed by atoms with Crippen molar-refractivity contribution < 1.29 is 33.0 Å². The van der Waals surface area contributed by atoms with Crippen molar-refractivity contribution >= 4 is 20.5 Å². The van der Waals surface area contributed by atoms with Gasteiger partial charge in [-0.3, -0.25) is 9.59 Å². The third-order valence-corrected chi connectivity index (χ3v) is 6.45. The predicted molar refractivity (Wildman–Crippen MR) is 141 cm³/mol. The summed E-state index contributed by atoms with van der Waals surface area (Å²) in [6, 6.07) is 11.4. The van der Waals surface area contributed by atoms with Crippen molar-refractivity contribution in [1.29, 1.82) is 0 Å². The average molecular weight is 519 g/mol. The molecule has 0 saturated carbocycles. The molecule has 2 aromatic carbocycles. The number of methoxy groups -OCH3 is 2. The molecular formula is C28H39O7P. The number of esters is 2. The number of hydrogen-bond donors (Lipinski definition) is 1. The Morgan fingerprint density at radius 3 is 1.39 bits per heavy atom. The van der Waals surface area contributed by atoms with Crippen molar-refractivity contribution in [2.24, 2.45) is 0 Å². The van der Waals surface area contributed by atoms with E-state index in [0.717, 1.165) is 22.3 Å². The maximum atomic E-state index is 11.5. The Kier molecular flexibility index (Phi) is 10.3. The Labute approximate surface area is 216 Å². The maximum Gasteiger partial charge on any atom is 0.460 e. The SMILES string of the molecule is COC(=O)CCc1ccc(OP(O)Oc2ccc(CCC(=O)OC)cc2C(C)(C)C)c(C(C)(C)C)c1. The molecule has 0 saturated heterocycles. The molecule has 0 unspecified atom stereocenters. The third-order valence-electron chi connectivity index (χ3n) is 5.75. The molecule has 0 aromatic heterocycles. The molecule has 0 amide bonds. The summed E-state index contributed by atoms with van der Waals surface area (Å²) in [4.78, 5) is 33.9. The molecule has 2 rings (SSSR count). The van der Waals surface area contributed by atoms with E-state index in [1.54, 1.807) is 0 Å². The summed E-state index contributed by atoms with van der Waals surface area (Å²) in [5, 5.41) is 0. The molecule has 0 aliphatic rings. The van der Waals surface area contributed by atoms with Gasteiger partial charge in [0.2, 0.25) is 0 Å². The fourth-order valence-electron chi connectivity index (χ4n) is 3.68. The highest BCUT2D eigenvalue weighted by Crippen LogP contribution is 2.44. The molecular weight excluding hydrogens is 479 g/mol. The topological polar surface area (TPSA) is 91.3 Å². The Balaban J connectivity index is 2.24. The Hall–Kier alpha value is -2.63. The molecule has 0 aliphatic heterocycles. The van der Waals surface area contributed by atoms with Crippen molar-refractivity contribution in [2.75, 3.05) is 14.2 Å². The standard InChI is InChI=1S/C28H39O7P/c1-27(2,3)21-17-19(11-15-25(29)32-7)9-13-23(21)34-36(31)35-24-14-10-20(12-16-26(30)33-8)18-22(24)28(4,5)6/h9-10,13-14,17-18,31H,11-12,15-16H2,1-8H3. The molecule has 198 valence electrons. The van der Waals surface area contributed by atoms with Gasteiger partial charge in [0.1, 0.15) is 11.5 Å². The second-order valence-corrected chi connectivity index (χ2v) is 11.6. The second kappa shape index (κ2) is 12.6. The first kappa shape index (κ1) is 29.6. The lowest BCUT2D eigenvalue weighted by atomic mass is 9.85. The molecule has 7 nitrogen and oxygen atoms in total. The zero-order chi connectivity index (χ0) is 27.1. The van der Waals surface area contributed by atoms with Gasteiger partial charge in [0.25, 0.3) is 0 Å². The Morgan fingerprint density at radius 2 is 1.08 bits per heavy atom. The van der Waals surface area contributed by atoms with Gasteiger partial charge in [0, 0.05) is 24.0 Å². The summed E-state index contributed by atoms with van der Waals surface area (Å²) >= 11 is 0. The van der Waals surface area contributed by atoms with E-state index >= 15 is 0 Å². The summed E-state index contributed by atoms with van der Waals surface area (Å²) in [7, 11) is 0.490. The van der Waals surface area contributed by atoms with Crippen LogP contribution in [0, 0.1) is 0 Å². The molecule has 8 heteroatoms. The minimum Gasteiger partial charge on any atom is -0.469 e. The Morgan fingerprint density at radius 1 is 0.722 bits per heavy atom. The number of carbonyl (C=O) groups is 2. The quantitative estimate of drug-likeness (QED) is 0.297. The highest BCUT2D eigenvalue weighted by atomic mass is 31.2. The Bertz CT molecular complexity index is 967. The van der Waals surface area contributed by atoms with E-state index in [1.165, 1.54) is 14.2 Å². The van der Waals surface area contributed by atoms with E-state index < -0.39 is 8.60 Å². The van der Waals surface area contributed by atoms with E-state index in [2.05, 4.69) is 41.5 Å². The average Bonchev–Trinajstić information content (AvgIpc) is 2.80. The van der Waals surface area contributed by atoms with Gasteiger partial charge in [-0.1, -0.05) is 65.8 Å².